The molecule has 0 spiro atoms. The van der Waals surface area contributed by atoms with Crippen LogP contribution in [0.1, 0.15) is 33.1 Å². The first-order valence-electron chi connectivity index (χ1n) is 6.88. The zero-order valence-electron chi connectivity index (χ0n) is 11.3. The molecule has 1 fully saturated rings. The Bertz CT molecular complexity index is 213. The predicted molar refractivity (Wildman–Crippen MR) is 71.0 cm³/mol. The second-order valence-corrected chi connectivity index (χ2v) is 5.23. The fourth-order valence-corrected chi connectivity index (χ4v) is 2.02. The molecule has 1 rings (SSSR count). The molecule has 0 aromatic carbocycles. The normalized spacial score (nSPS) is 17.4. The first-order valence-corrected chi connectivity index (χ1v) is 6.88. The highest BCUT2D eigenvalue weighted by molar-refractivity contribution is 5.75. The SMILES string of the molecule is CC(C)CCCNC(=O)CCN1CCNCC1. The topological polar surface area (TPSA) is 44.4 Å². The van der Waals surface area contributed by atoms with Crippen LogP contribution in [-0.2, 0) is 4.79 Å². The molecule has 1 heterocycles. The molecule has 0 unspecified atom stereocenters. The van der Waals surface area contributed by atoms with Gasteiger partial charge >= 0.3 is 0 Å². The van der Waals surface area contributed by atoms with Gasteiger partial charge in [0.2, 0.25) is 5.91 Å². The molecule has 0 saturated carbocycles. The predicted octanol–water partition coefficient (Wildman–Crippen LogP) is 0.834. The van der Waals surface area contributed by atoms with Gasteiger partial charge in [-0.05, 0) is 18.8 Å². The number of nitrogens with zero attached hydrogens (tertiary/aromatic N) is 1. The molecule has 0 radical (unpaired) electrons. The average Bonchev–Trinajstić information content (AvgIpc) is 2.33. The van der Waals surface area contributed by atoms with Gasteiger partial charge in [0, 0.05) is 45.7 Å². The van der Waals surface area contributed by atoms with E-state index in [-0.39, 0.29) is 5.91 Å². The Balaban J connectivity index is 1.96. The first kappa shape index (κ1) is 14.5. The lowest BCUT2D eigenvalue weighted by molar-refractivity contribution is -0.121. The van der Waals surface area contributed by atoms with Gasteiger partial charge in [-0.2, -0.15) is 0 Å². The van der Waals surface area contributed by atoms with E-state index in [9.17, 15) is 4.79 Å². The van der Waals surface area contributed by atoms with Crippen molar-refractivity contribution >= 4 is 5.91 Å². The van der Waals surface area contributed by atoms with Gasteiger partial charge in [-0.25, -0.2) is 0 Å². The van der Waals surface area contributed by atoms with Crippen molar-refractivity contribution < 1.29 is 4.79 Å². The summed E-state index contributed by atoms with van der Waals surface area (Å²) in [4.78, 5) is 13.9. The third-order valence-corrected chi connectivity index (χ3v) is 3.15. The van der Waals surface area contributed by atoms with E-state index in [1.807, 2.05) is 0 Å². The number of piperazine rings is 1. The van der Waals surface area contributed by atoms with Crippen LogP contribution >= 0.6 is 0 Å². The molecule has 17 heavy (non-hydrogen) atoms. The Hall–Kier alpha value is -0.610. The summed E-state index contributed by atoms with van der Waals surface area (Å²) >= 11 is 0. The van der Waals surface area contributed by atoms with E-state index in [0.29, 0.717) is 6.42 Å². The van der Waals surface area contributed by atoms with E-state index in [2.05, 4.69) is 29.4 Å². The summed E-state index contributed by atoms with van der Waals surface area (Å²) in [7, 11) is 0. The molecule has 4 nitrogen and oxygen atoms in total. The minimum atomic E-state index is 0.201. The Morgan fingerprint density at radius 2 is 2.06 bits per heavy atom. The van der Waals surface area contributed by atoms with Crippen molar-refractivity contribution in [1.82, 2.24) is 15.5 Å². The minimum absolute atomic E-state index is 0.201. The summed E-state index contributed by atoms with van der Waals surface area (Å²) < 4.78 is 0. The fraction of sp³-hybridized carbons (Fsp3) is 0.923. The van der Waals surface area contributed by atoms with Gasteiger partial charge in [0.25, 0.3) is 0 Å². The number of carbonyl (C=O) groups is 1. The van der Waals surface area contributed by atoms with Gasteiger partial charge in [-0.3, -0.25) is 4.79 Å². The average molecular weight is 241 g/mol. The van der Waals surface area contributed by atoms with Crippen molar-refractivity contribution in [3.05, 3.63) is 0 Å². The molecule has 4 heteroatoms. The maximum Gasteiger partial charge on any atom is 0.221 e. The Morgan fingerprint density at radius 3 is 2.71 bits per heavy atom. The van der Waals surface area contributed by atoms with Crippen LogP contribution in [0.3, 0.4) is 0 Å². The first-order chi connectivity index (χ1) is 8.18. The van der Waals surface area contributed by atoms with E-state index in [1.54, 1.807) is 0 Å². The van der Waals surface area contributed by atoms with Gasteiger partial charge in [0.1, 0.15) is 0 Å². The van der Waals surface area contributed by atoms with Gasteiger partial charge in [0.15, 0.2) is 0 Å². The Morgan fingerprint density at radius 1 is 1.35 bits per heavy atom. The Kier molecular flexibility index (Phi) is 7.21. The molecule has 0 aromatic heterocycles. The van der Waals surface area contributed by atoms with Crippen molar-refractivity contribution in [1.29, 1.82) is 0 Å². The number of rotatable bonds is 7. The highest BCUT2D eigenvalue weighted by Crippen LogP contribution is 2.01. The van der Waals surface area contributed by atoms with Crippen LogP contribution in [0.15, 0.2) is 0 Å². The molecule has 1 amide bonds. The summed E-state index contributed by atoms with van der Waals surface area (Å²) in [5, 5.41) is 6.31. The summed E-state index contributed by atoms with van der Waals surface area (Å²) in [6, 6.07) is 0. The monoisotopic (exact) mass is 241 g/mol. The van der Waals surface area contributed by atoms with Crippen LogP contribution in [0.4, 0.5) is 0 Å². The van der Waals surface area contributed by atoms with Crippen molar-refractivity contribution in [3.63, 3.8) is 0 Å². The molecule has 1 aliphatic rings. The second kappa shape index (κ2) is 8.48. The standard InChI is InChI=1S/C13H27N3O/c1-12(2)4-3-6-15-13(17)5-9-16-10-7-14-8-11-16/h12,14H,3-11H2,1-2H3,(H,15,17). The van der Waals surface area contributed by atoms with E-state index in [1.165, 1.54) is 6.42 Å². The highest BCUT2D eigenvalue weighted by atomic mass is 16.1. The van der Waals surface area contributed by atoms with E-state index < -0.39 is 0 Å². The van der Waals surface area contributed by atoms with Gasteiger partial charge in [-0.1, -0.05) is 13.8 Å². The lowest BCUT2D eigenvalue weighted by Gasteiger charge is -2.26. The number of hydrogen-bond acceptors (Lipinski definition) is 3. The third-order valence-electron chi connectivity index (χ3n) is 3.15. The van der Waals surface area contributed by atoms with Gasteiger partial charge in [-0.15, -0.1) is 0 Å². The van der Waals surface area contributed by atoms with Crippen LogP contribution in [0.5, 0.6) is 0 Å². The molecule has 0 aromatic rings. The van der Waals surface area contributed by atoms with Crippen molar-refractivity contribution in [3.8, 4) is 0 Å². The van der Waals surface area contributed by atoms with Gasteiger partial charge in [0.05, 0.1) is 0 Å². The number of carbonyl (C=O) groups excluding carboxylic acids is 1. The lowest BCUT2D eigenvalue weighted by Crippen LogP contribution is -2.44. The maximum atomic E-state index is 11.6. The third kappa shape index (κ3) is 7.34. The second-order valence-electron chi connectivity index (χ2n) is 5.23. The molecule has 100 valence electrons. The summed E-state index contributed by atoms with van der Waals surface area (Å²) in [5.41, 5.74) is 0. The molecule has 0 bridgehead atoms. The largest absolute Gasteiger partial charge is 0.356 e. The summed E-state index contributed by atoms with van der Waals surface area (Å²) in [5.74, 6) is 0.931. The minimum Gasteiger partial charge on any atom is -0.356 e. The van der Waals surface area contributed by atoms with Crippen LogP contribution in [0.25, 0.3) is 0 Å². The smallest absolute Gasteiger partial charge is 0.221 e. The van der Waals surface area contributed by atoms with Crippen LogP contribution in [-0.4, -0.2) is 50.1 Å². The van der Waals surface area contributed by atoms with Crippen LogP contribution in [0.2, 0.25) is 0 Å². The summed E-state index contributed by atoms with van der Waals surface area (Å²) in [6.07, 6.45) is 2.93. The van der Waals surface area contributed by atoms with E-state index in [0.717, 1.165) is 51.6 Å². The van der Waals surface area contributed by atoms with Crippen molar-refractivity contribution in [2.24, 2.45) is 5.92 Å². The molecular formula is C13H27N3O. The summed E-state index contributed by atoms with van der Waals surface area (Å²) in [6.45, 7) is 10.4. The highest BCUT2D eigenvalue weighted by Gasteiger charge is 2.10. The fourth-order valence-electron chi connectivity index (χ4n) is 2.02. The molecule has 0 aliphatic carbocycles. The van der Waals surface area contributed by atoms with Crippen LogP contribution in [0, 0.1) is 5.92 Å². The zero-order chi connectivity index (χ0) is 12.5. The maximum absolute atomic E-state index is 11.6. The molecule has 1 saturated heterocycles. The number of hydrogen-bond donors (Lipinski definition) is 2. The van der Waals surface area contributed by atoms with E-state index in [4.69, 9.17) is 0 Å². The van der Waals surface area contributed by atoms with Gasteiger partial charge < -0.3 is 15.5 Å². The molecule has 2 N–H and O–H groups in total. The number of amides is 1. The quantitative estimate of drug-likeness (QED) is 0.649. The van der Waals surface area contributed by atoms with Crippen LogP contribution < -0.4 is 10.6 Å². The lowest BCUT2D eigenvalue weighted by atomic mass is 10.1. The van der Waals surface area contributed by atoms with Crippen molar-refractivity contribution in [2.45, 2.75) is 33.1 Å². The van der Waals surface area contributed by atoms with Crippen molar-refractivity contribution in [2.75, 3.05) is 39.3 Å². The van der Waals surface area contributed by atoms with E-state index >= 15 is 0 Å². The molecular weight excluding hydrogens is 214 g/mol. The Labute approximate surface area is 105 Å². The molecule has 1 aliphatic heterocycles. The number of nitrogens with one attached hydrogen (secondary N) is 2. The molecule has 0 atom stereocenters. The zero-order valence-corrected chi connectivity index (χ0v) is 11.3.